The molecule has 0 radical (unpaired) electrons. The number of aliphatic imine (C=N–C) groups is 1. The van der Waals surface area contributed by atoms with Crippen LogP contribution >= 0.6 is 0 Å². The van der Waals surface area contributed by atoms with E-state index in [1.165, 1.54) is 5.56 Å². The second kappa shape index (κ2) is 11.3. The normalized spacial score (nSPS) is 11.6. The first-order chi connectivity index (χ1) is 12.8. The molecule has 0 aliphatic carbocycles. The molecule has 1 aromatic carbocycles. The van der Waals surface area contributed by atoms with Gasteiger partial charge in [-0.1, -0.05) is 49.3 Å². The third-order valence-corrected chi connectivity index (χ3v) is 4.00. The Morgan fingerprint density at radius 1 is 1.12 bits per heavy atom. The first-order valence-electron chi connectivity index (χ1n) is 9.38. The Morgan fingerprint density at radius 3 is 2.62 bits per heavy atom. The summed E-state index contributed by atoms with van der Waals surface area (Å²) in [5.74, 6) is 1.70. The zero-order valence-electron chi connectivity index (χ0n) is 16.0. The molecule has 0 fully saturated rings. The quantitative estimate of drug-likeness (QED) is 0.388. The maximum absolute atomic E-state index is 5.70. The number of hydrogen-bond donors (Lipinski definition) is 2. The average molecular weight is 358 g/mol. The van der Waals surface area contributed by atoms with E-state index in [-0.39, 0.29) is 0 Å². The predicted molar refractivity (Wildman–Crippen MR) is 104 cm³/mol. The number of nitrogens with one attached hydrogen (secondary N) is 2. The maximum Gasteiger partial charge on any atom is 0.191 e. The third kappa shape index (κ3) is 6.19. The molecule has 0 saturated carbocycles. The van der Waals surface area contributed by atoms with E-state index in [9.17, 15) is 0 Å². The number of aryl methyl sites for hydroxylation is 2. The monoisotopic (exact) mass is 358 g/mol. The number of benzene rings is 1. The fraction of sp³-hybridized carbons (Fsp3) is 0.500. The standard InChI is InChI=1S/C20H30N4O2/c1-4-18-17(19(5-2)26-24-18)14-23-20(21-6-3)22-12-13-25-15-16-10-8-7-9-11-16/h7-11H,4-6,12-15H2,1-3H3,(H2,21,22,23). The number of hydrogen-bond acceptors (Lipinski definition) is 4. The van der Waals surface area contributed by atoms with Gasteiger partial charge < -0.3 is 19.9 Å². The Kier molecular flexibility index (Phi) is 8.69. The summed E-state index contributed by atoms with van der Waals surface area (Å²) in [5.41, 5.74) is 3.28. The zero-order valence-corrected chi connectivity index (χ0v) is 16.0. The second-order valence-corrected chi connectivity index (χ2v) is 5.90. The number of ether oxygens (including phenoxy) is 1. The number of rotatable bonds is 10. The Labute approximate surface area is 156 Å². The van der Waals surface area contributed by atoms with Gasteiger partial charge in [-0.15, -0.1) is 0 Å². The lowest BCUT2D eigenvalue weighted by atomic mass is 10.1. The number of aromatic nitrogens is 1. The molecule has 2 aromatic rings. The van der Waals surface area contributed by atoms with Crippen LogP contribution in [0.3, 0.4) is 0 Å². The molecule has 0 unspecified atom stereocenters. The lowest BCUT2D eigenvalue weighted by Crippen LogP contribution is -2.39. The highest BCUT2D eigenvalue weighted by Gasteiger charge is 2.12. The minimum Gasteiger partial charge on any atom is -0.375 e. The zero-order chi connectivity index (χ0) is 18.6. The van der Waals surface area contributed by atoms with Crippen molar-refractivity contribution in [3.63, 3.8) is 0 Å². The van der Waals surface area contributed by atoms with Crippen LogP contribution in [0.25, 0.3) is 0 Å². The molecule has 0 bridgehead atoms. The SMILES string of the molecule is CCNC(=NCc1c(CC)noc1CC)NCCOCc1ccccc1. The van der Waals surface area contributed by atoms with Gasteiger partial charge in [0.05, 0.1) is 25.5 Å². The number of guanidine groups is 1. The van der Waals surface area contributed by atoms with Crippen molar-refractivity contribution in [2.24, 2.45) is 4.99 Å². The highest BCUT2D eigenvalue weighted by atomic mass is 16.5. The van der Waals surface area contributed by atoms with Crippen molar-refractivity contribution >= 4 is 5.96 Å². The molecule has 1 aromatic heterocycles. The molecule has 6 nitrogen and oxygen atoms in total. The van der Waals surface area contributed by atoms with Gasteiger partial charge in [-0.25, -0.2) is 4.99 Å². The molecule has 26 heavy (non-hydrogen) atoms. The van der Waals surface area contributed by atoms with Crippen LogP contribution in [0, 0.1) is 0 Å². The van der Waals surface area contributed by atoms with Crippen LogP contribution in [-0.4, -0.2) is 30.8 Å². The van der Waals surface area contributed by atoms with Crippen molar-refractivity contribution in [1.82, 2.24) is 15.8 Å². The summed E-state index contributed by atoms with van der Waals surface area (Å²) in [6.45, 7) is 9.51. The molecule has 142 valence electrons. The molecule has 0 atom stereocenters. The molecule has 2 rings (SSSR count). The van der Waals surface area contributed by atoms with Crippen molar-refractivity contribution in [2.75, 3.05) is 19.7 Å². The molecular formula is C20H30N4O2. The summed E-state index contributed by atoms with van der Waals surface area (Å²) in [6, 6.07) is 10.2. The Bertz CT molecular complexity index is 646. The number of nitrogens with zero attached hydrogens (tertiary/aromatic N) is 2. The van der Waals surface area contributed by atoms with E-state index in [1.54, 1.807) is 0 Å². The summed E-state index contributed by atoms with van der Waals surface area (Å²) in [6.07, 6.45) is 1.68. The van der Waals surface area contributed by atoms with Crippen molar-refractivity contribution < 1.29 is 9.26 Å². The van der Waals surface area contributed by atoms with Crippen molar-refractivity contribution in [2.45, 2.75) is 46.8 Å². The van der Waals surface area contributed by atoms with Crippen LogP contribution in [0.2, 0.25) is 0 Å². The maximum atomic E-state index is 5.70. The lowest BCUT2D eigenvalue weighted by Gasteiger charge is -2.11. The average Bonchev–Trinajstić information content (AvgIpc) is 3.08. The van der Waals surface area contributed by atoms with Crippen LogP contribution < -0.4 is 10.6 Å². The highest BCUT2D eigenvalue weighted by molar-refractivity contribution is 5.79. The smallest absolute Gasteiger partial charge is 0.191 e. The molecule has 1 heterocycles. The van der Waals surface area contributed by atoms with Crippen molar-refractivity contribution in [3.05, 3.63) is 52.9 Å². The van der Waals surface area contributed by atoms with Crippen LogP contribution in [0.1, 0.15) is 43.4 Å². The fourth-order valence-electron chi connectivity index (χ4n) is 2.62. The van der Waals surface area contributed by atoms with Gasteiger partial charge in [0.2, 0.25) is 0 Å². The highest BCUT2D eigenvalue weighted by Crippen LogP contribution is 2.16. The summed E-state index contributed by atoms with van der Waals surface area (Å²) < 4.78 is 11.1. The van der Waals surface area contributed by atoms with Gasteiger partial charge in [-0.2, -0.15) is 0 Å². The van der Waals surface area contributed by atoms with Crippen molar-refractivity contribution in [3.8, 4) is 0 Å². The summed E-state index contributed by atoms with van der Waals surface area (Å²) >= 11 is 0. The lowest BCUT2D eigenvalue weighted by molar-refractivity contribution is 0.125. The molecule has 0 aliphatic heterocycles. The van der Waals surface area contributed by atoms with E-state index >= 15 is 0 Å². The molecule has 0 aliphatic rings. The summed E-state index contributed by atoms with van der Waals surface area (Å²) in [4.78, 5) is 4.67. The van der Waals surface area contributed by atoms with E-state index in [4.69, 9.17) is 9.26 Å². The van der Waals surface area contributed by atoms with Gasteiger partial charge in [-0.05, 0) is 18.9 Å². The van der Waals surface area contributed by atoms with Gasteiger partial charge in [-0.3, -0.25) is 0 Å². The molecule has 0 saturated heterocycles. The van der Waals surface area contributed by atoms with E-state index in [1.807, 2.05) is 18.2 Å². The van der Waals surface area contributed by atoms with Crippen LogP contribution in [0.5, 0.6) is 0 Å². The van der Waals surface area contributed by atoms with Crippen LogP contribution in [-0.2, 0) is 30.7 Å². The first kappa shape index (κ1) is 20.0. The minimum atomic E-state index is 0.566. The summed E-state index contributed by atoms with van der Waals surface area (Å²) in [5, 5.41) is 10.7. The molecular weight excluding hydrogens is 328 g/mol. The van der Waals surface area contributed by atoms with Gasteiger partial charge in [0.1, 0.15) is 5.76 Å². The fourth-order valence-corrected chi connectivity index (χ4v) is 2.62. The second-order valence-electron chi connectivity index (χ2n) is 5.90. The Hall–Kier alpha value is -2.34. The predicted octanol–water partition coefficient (Wildman–Crippen LogP) is 3.07. The van der Waals surface area contributed by atoms with E-state index in [2.05, 4.69) is 53.7 Å². The molecule has 2 N–H and O–H groups in total. The van der Waals surface area contributed by atoms with Crippen LogP contribution in [0.15, 0.2) is 39.8 Å². The van der Waals surface area contributed by atoms with Gasteiger partial charge in [0.25, 0.3) is 0 Å². The van der Waals surface area contributed by atoms with Gasteiger partial charge in [0.15, 0.2) is 5.96 Å². The molecule has 0 amide bonds. The van der Waals surface area contributed by atoms with Crippen molar-refractivity contribution in [1.29, 1.82) is 0 Å². The van der Waals surface area contributed by atoms with Gasteiger partial charge in [0, 0.05) is 25.1 Å². The Morgan fingerprint density at radius 2 is 1.92 bits per heavy atom. The van der Waals surface area contributed by atoms with E-state index < -0.39 is 0 Å². The first-order valence-corrected chi connectivity index (χ1v) is 9.38. The third-order valence-electron chi connectivity index (χ3n) is 4.00. The largest absolute Gasteiger partial charge is 0.375 e. The molecule has 6 heteroatoms. The topological polar surface area (TPSA) is 71.7 Å². The Balaban J connectivity index is 1.82. The van der Waals surface area contributed by atoms with Crippen LogP contribution in [0.4, 0.5) is 0 Å². The molecule has 0 spiro atoms. The van der Waals surface area contributed by atoms with E-state index in [0.29, 0.717) is 26.3 Å². The minimum absolute atomic E-state index is 0.566. The summed E-state index contributed by atoms with van der Waals surface area (Å²) in [7, 11) is 0. The van der Waals surface area contributed by atoms with Gasteiger partial charge >= 0.3 is 0 Å². The van der Waals surface area contributed by atoms with E-state index in [0.717, 1.165) is 42.4 Å².